The van der Waals surface area contributed by atoms with Crippen molar-refractivity contribution >= 4 is 23.2 Å². The van der Waals surface area contributed by atoms with E-state index in [-0.39, 0.29) is 5.91 Å². The number of benzene rings is 2. The van der Waals surface area contributed by atoms with Gasteiger partial charge < -0.3 is 10.1 Å². The molecule has 0 fully saturated rings. The standard InChI is InChI=1S/C17H18ClNO2/c1-3-13-6-4-8-15(10-13)19-17(20)12(2)21-16-9-5-7-14(18)11-16/h4-12H,3H2,1-2H3,(H,19,20)/t12-/m1/s1. The topological polar surface area (TPSA) is 38.3 Å². The van der Waals surface area contributed by atoms with E-state index < -0.39 is 6.10 Å². The minimum atomic E-state index is -0.603. The third-order valence-corrected chi connectivity index (χ3v) is 3.32. The number of ether oxygens (including phenoxy) is 1. The molecule has 0 aliphatic rings. The van der Waals surface area contributed by atoms with Crippen LogP contribution in [0, 0.1) is 0 Å². The van der Waals surface area contributed by atoms with Gasteiger partial charge in [0.05, 0.1) is 0 Å². The van der Waals surface area contributed by atoms with Crippen LogP contribution in [0.25, 0.3) is 0 Å². The molecule has 0 radical (unpaired) electrons. The zero-order valence-corrected chi connectivity index (χ0v) is 12.9. The second-order valence-electron chi connectivity index (χ2n) is 4.76. The van der Waals surface area contributed by atoms with Gasteiger partial charge in [-0.05, 0) is 49.2 Å². The zero-order chi connectivity index (χ0) is 15.2. The highest BCUT2D eigenvalue weighted by molar-refractivity contribution is 6.30. The van der Waals surface area contributed by atoms with Crippen molar-refractivity contribution in [3.8, 4) is 5.75 Å². The Morgan fingerprint density at radius 2 is 2.00 bits per heavy atom. The number of amides is 1. The molecule has 1 amide bonds. The van der Waals surface area contributed by atoms with Gasteiger partial charge in [-0.25, -0.2) is 0 Å². The zero-order valence-electron chi connectivity index (χ0n) is 12.1. The maximum atomic E-state index is 12.1. The Morgan fingerprint density at radius 1 is 1.24 bits per heavy atom. The monoisotopic (exact) mass is 303 g/mol. The Bertz CT molecular complexity index is 628. The molecule has 0 saturated carbocycles. The third-order valence-electron chi connectivity index (χ3n) is 3.08. The number of aryl methyl sites for hydroxylation is 1. The first kappa shape index (κ1) is 15.4. The number of carbonyl (C=O) groups excluding carboxylic acids is 1. The van der Waals surface area contributed by atoms with Crippen LogP contribution in [-0.4, -0.2) is 12.0 Å². The second-order valence-corrected chi connectivity index (χ2v) is 5.20. The van der Waals surface area contributed by atoms with Crippen molar-refractivity contribution in [3.63, 3.8) is 0 Å². The molecule has 0 aliphatic heterocycles. The first-order valence-electron chi connectivity index (χ1n) is 6.90. The summed E-state index contributed by atoms with van der Waals surface area (Å²) in [6.45, 7) is 3.78. The summed E-state index contributed by atoms with van der Waals surface area (Å²) in [5, 5.41) is 3.43. The molecule has 2 aromatic rings. The van der Waals surface area contributed by atoms with E-state index in [1.807, 2.05) is 24.3 Å². The third kappa shape index (κ3) is 4.50. The molecule has 2 rings (SSSR count). The van der Waals surface area contributed by atoms with Crippen molar-refractivity contribution in [2.45, 2.75) is 26.4 Å². The summed E-state index contributed by atoms with van der Waals surface area (Å²) >= 11 is 5.89. The van der Waals surface area contributed by atoms with E-state index in [1.54, 1.807) is 31.2 Å². The van der Waals surface area contributed by atoms with Crippen LogP contribution < -0.4 is 10.1 Å². The fourth-order valence-corrected chi connectivity index (χ4v) is 2.09. The molecule has 0 spiro atoms. The molecule has 2 aromatic carbocycles. The Morgan fingerprint density at radius 3 is 2.71 bits per heavy atom. The summed E-state index contributed by atoms with van der Waals surface area (Å²) in [6.07, 6.45) is 0.326. The van der Waals surface area contributed by atoms with Crippen LogP contribution in [0.3, 0.4) is 0 Å². The molecule has 0 aromatic heterocycles. The molecule has 0 saturated heterocycles. The van der Waals surface area contributed by atoms with E-state index in [4.69, 9.17) is 16.3 Å². The smallest absolute Gasteiger partial charge is 0.265 e. The van der Waals surface area contributed by atoms with Crippen LogP contribution in [0.2, 0.25) is 5.02 Å². The number of halogens is 1. The van der Waals surface area contributed by atoms with Crippen LogP contribution in [0.15, 0.2) is 48.5 Å². The van der Waals surface area contributed by atoms with E-state index in [0.29, 0.717) is 10.8 Å². The van der Waals surface area contributed by atoms with Gasteiger partial charge in [0.1, 0.15) is 5.75 Å². The van der Waals surface area contributed by atoms with Crippen molar-refractivity contribution in [1.29, 1.82) is 0 Å². The summed E-state index contributed by atoms with van der Waals surface area (Å²) in [4.78, 5) is 12.1. The van der Waals surface area contributed by atoms with Crippen LogP contribution >= 0.6 is 11.6 Å². The van der Waals surface area contributed by atoms with Gasteiger partial charge >= 0.3 is 0 Å². The van der Waals surface area contributed by atoms with Crippen molar-refractivity contribution < 1.29 is 9.53 Å². The van der Waals surface area contributed by atoms with Crippen LogP contribution in [0.5, 0.6) is 5.75 Å². The highest BCUT2D eigenvalue weighted by Gasteiger charge is 2.15. The maximum Gasteiger partial charge on any atom is 0.265 e. The van der Waals surface area contributed by atoms with Crippen LogP contribution in [0.1, 0.15) is 19.4 Å². The normalized spacial score (nSPS) is 11.8. The Hall–Kier alpha value is -2.00. The average Bonchev–Trinajstić information content (AvgIpc) is 2.47. The number of hydrogen-bond donors (Lipinski definition) is 1. The van der Waals surface area contributed by atoms with Gasteiger partial charge in [0.15, 0.2) is 6.10 Å². The Kier molecular flexibility index (Phi) is 5.23. The molecule has 1 atom stereocenters. The molecule has 4 heteroatoms. The first-order chi connectivity index (χ1) is 10.1. The average molecular weight is 304 g/mol. The predicted molar refractivity (Wildman–Crippen MR) is 86.0 cm³/mol. The Balaban J connectivity index is 1.99. The largest absolute Gasteiger partial charge is 0.481 e. The molecular formula is C17H18ClNO2. The Labute approximate surface area is 129 Å². The van der Waals surface area contributed by atoms with E-state index in [1.165, 1.54) is 5.56 Å². The lowest BCUT2D eigenvalue weighted by atomic mass is 10.1. The summed E-state index contributed by atoms with van der Waals surface area (Å²) in [5.41, 5.74) is 1.96. The number of anilines is 1. The van der Waals surface area contributed by atoms with Gasteiger partial charge in [0.2, 0.25) is 0 Å². The minimum Gasteiger partial charge on any atom is -0.481 e. The molecule has 21 heavy (non-hydrogen) atoms. The molecule has 0 bridgehead atoms. The van der Waals surface area contributed by atoms with Gasteiger partial charge in [-0.1, -0.05) is 36.7 Å². The van der Waals surface area contributed by atoms with Crippen LogP contribution in [-0.2, 0) is 11.2 Å². The van der Waals surface area contributed by atoms with Gasteiger partial charge in [-0.3, -0.25) is 4.79 Å². The predicted octanol–water partition coefficient (Wildman–Crippen LogP) is 4.31. The van der Waals surface area contributed by atoms with E-state index in [0.717, 1.165) is 12.1 Å². The lowest BCUT2D eigenvalue weighted by Gasteiger charge is -2.15. The SMILES string of the molecule is CCc1cccc(NC(=O)[C@@H](C)Oc2cccc(Cl)c2)c1. The summed E-state index contributed by atoms with van der Waals surface area (Å²) in [5.74, 6) is 0.385. The molecule has 0 heterocycles. The lowest BCUT2D eigenvalue weighted by Crippen LogP contribution is -2.30. The number of carbonyl (C=O) groups is 1. The minimum absolute atomic E-state index is 0.191. The number of hydrogen-bond acceptors (Lipinski definition) is 2. The maximum absolute atomic E-state index is 12.1. The second kappa shape index (κ2) is 7.14. The highest BCUT2D eigenvalue weighted by Crippen LogP contribution is 2.19. The molecule has 0 aliphatic carbocycles. The van der Waals surface area contributed by atoms with Crippen molar-refractivity contribution in [3.05, 3.63) is 59.1 Å². The molecule has 3 nitrogen and oxygen atoms in total. The van der Waals surface area contributed by atoms with E-state index in [9.17, 15) is 4.79 Å². The first-order valence-corrected chi connectivity index (χ1v) is 7.28. The van der Waals surface area contributed by atoms with Gasteiger partial charge in [0, 0.05) is 10.7 Å². The molecule has 110 valence electrons. The van der Waals surface area contributed by atoms with Gasteiger partial charge in [-0.15, -0.1) is 0 Å². The van der Waals surface area contributed by atoms with Crippen molar-refractivity contribution in [2.24, 2.45) is 0 Å². The summed E-state index contributed by atoms with van der Waals surface area (Å²) in [6, 6.07) is 14.8. The van der Waals surface area contributed by atoms with Crippen LogP contribution in [0.4, 0.5) is 5.69 Å². The summed E-state index contributed by atoms with van der Waals surface area (Å²) in [7, 11) is 0. The quantitative estimate of drug-likeness (QED) is 0.894. The molecule has 0 unspecified atom stereocenters. The van der Waals surface area contributed by atoms with Gasteiger partial charge in [0.25, 0.3) is 5.91 Å². The fourth-order valence-electron chi connectivity index (χ4n) is 1.91. The summed E-state index contributed by atoms with van der Waals surface area (Å²) < 4.78 is 5.59. The molecular weight excluding hydrogens is 286 g/mol. The number of nitrogens with one attached hydrogen (secondary N) is 1. The fraction of sp³-hybridized carbons (Fsp3) is 0.235. The van der Waals surface area contributed by atoms with Gasteiger partial charge in [-0.2, -0.15) is 0 Å². The lowest BCUT2D eigenvalue weighted by molar-refractivity contribution is -0.122. The molecule has 1 N–H and O–H groups in total. The van der Waals surface area contributed by atoms with Crippen molar-refractivity contribution in [2.75, 3.05) is 5.32 Å². The number of rotatable bonds is 5. The van der Waals surface area contributed by atoms with E-state index >= 15 is 0 Å². The van der Waals surface area contributed by atoms with E-state index in [2.05, 4.69) is 12.2 Å². The van der Waals surface area contributed by atoms with Crippen molar-refractivity contribution in [1.82, 2.24) is 0 Å². The highest BCUT2D eigenvalue weighted by atomic mass is 35.5.